The maximum absolute atomic E-state index is 12.7. The van der Waals surface area contributed by atoms with E-state index in [1.165, 1.54) is 4.90 Å². The van der Waals surface area contributed by atoms with Gasteiger partial charge in [0.05, 0.1) is 31.0 Å². The van der Waals surface area contributed by atoms with Gasteiger partial charge in [0.15, 0.2) is 5.82 Å². The Hall–Kier alpha value is -3.36. The van der Waals surface area contributed by atoms with Gasteiger partial charge < -0.3 is 19.3 Å². The molecule has 2 amide bonds. The number of cyclic esters (lactones) is 1. The Labute approximate surface area is 154 Å². The minimum atomic E-state index is -0.582. The van der Waals surface area contributed by atoms with Crippen molar-refractivity contribution in [3.8, 4) is 5.75 Å². The number of aromatic nitrogens is 2. The lowest BCUT2D eigenvalue weighted by Gasteiger charge is -2.32. The molecule has 27 heavy (non-hydrogen) atoms. The van der Waals surface area contributed by atoms with Crippen LogP contribution >= 0.6 is 0 Å². The number of benzene rings is 1. The van der Waals surface area contributed by atoms with Crippen molar-refractivity contribution >= 4 is 12.0 Å². The highest BCUT2D eigenvalue weighted by Crippen LogP contribution is 2.36. The van der Waals surface area contributed by atoms with Crippen molar-refractivity contribution in [3.05, 3.63) is 52.8 Å². The number of hydrogen-bond acceptors (Lipinski definition) is 7. The molecule has 0 bridgehead atoms. The Balaban J connectivity index is 1.67. The molecule has 3 heterocycles. The second-order valence-corrected chi connectivity index (χ2v) is 6.14. The summed E-state index contributed by atoms with van der Waals surface area (Å²) in [5, 5.41) is 6.74. The summed E-state index contributed by atoms with van der Waals surface area (Å²) in [6.45, 7) is 2.03. The first-order chi connectivity index (χ1) is 13.1. The first-order valence-electron chi connectivity index (χ1n) is 8.54. The van der Waals surface area contributed by atoms with Crippen molar-refractivity contribution in [3.63, 3.8) is 0 Å². The predicted octanol–water partition coefficient (Wildman–Crippen LogP) is 1.72. The lowest BCUT2D eigenvalue weighted by Crippen LogP contribution is -2.47. The van der Waals surface area contributed by atoms with Gasteiger partial charge in [-0.3, -0.25) is 4.90 Å². The molecule has 2 aromatic rings. The molecular formula is C18H18N4O5. The highest BCUT2D eigenvalue weighted by atomic mass is 16.5. The Morgan fingerprint density at radius 2 is 2.07 bits per heavy atom. The van der Waals surface area contributed by atoms with Crippen molar-refractivity contribution in [2.45, 2.75) is 25.9 Å². The lowest BCUT2D eigenvalue weighted by molar-refractivity contribution is -0.136. The number of amides is 2. The van der Waals surface area contributed by atoms with E-state index in [9.17, 15) is 9.59 Å². The number of carbonyl (C=O) groups excluding carboxylic acids is 2. The van der Waals surface area contributed by atoms with E-state index in [-0.39, 0.29) is 19.2 Å². The number of methoxy groups -OCH3 is 1. The van der Waals surface area contributed by atoms with Crippen LogP contribution in [0.1, 0.15) is 30.2 Å². The number of carbonyl (C=O) groups is 2. The number of urea groups is 1. The van der Waals surface area contributed by atoms with E-state index >= 15 is 0 Å². The van der Waals surface area contributed by atoms with E-state index in [0.717, 1.165) is 5.56 Å². The predicted molar refractivity (Wildman–Crippen MR) is 91.5 cm³/mol. The molecule has 1 N–H and O–H groups in total. The van der Waals surface area contributed by atoms with Crippen LogP contribution in [-0.2, 0) is 22.5 Å². The first kappa shape index (κ1) is 17.1. The SMILES string of the molecule is CCc1nc(CN2C(=O)NC(c3ccc(OC)cc3)C3=C2COC3=O)no1. The van der Waals surface area contributed by atoms with E-state index in [2.05, 4.69) is 15.5 Å². The van der Waals surface area contributed by atoms with Crippen molar-refractivity contribution in [2.24, 2.45) is 0 Å². The fraction of sp³-hybridized carbons (Fsp3) is 0.333. The number of hydrogen-bond donors (Lipinski definition) is 1. The van der Waals surface area contributed by atoms with Gasteiger partial charge in [-0.2, -0.15) is 4.98 Å². The minimum Gasteiger partial charge on any atom is -0.497 e. The molecule has 9 heteroatoms. The number of nitrogens with zero attached hydrogens (tertiary/aromatic N) is 3. The Morgan fingerprint density at radius 1 is 1.30 bits per heavy atom. The second kappa shape index (κ2) is 6.75. The summed E-state index contributed by atoms with van der Waals surface area (Å²) in [4.78, 5) is 30.7. The number of aryl methyl sites for hydroxylation is 1. The van der Waals surface area contributed by atoms with Gasteiger partial charge in [-0.15, -0.1) is 0 Å². The maximum Gasteiger partial charge on any atom is 0.338 e. The summed E-state index contributed by atoms with van der Waals surface area (Å²) in [6, 6.07) is 6.24. The van der Waals surface area contributed by atoms with Gasteiger partial charge in [0.25, 0.3) is 0 Å². The van der Waals surface area contributed by atoms with Gasteiger partial charge >= 0.3 is 12.0 Å². The highest BCUT2D eigenvalue weighted by molar-refractivity contribution is 5.97. The third-order valence-electron chi connectivity index (χ3n) is 4.56. The average Bonchev–Trinajstić information content (AvgIpc) is 3.30. The molecule has 0 radical (unpaired) electrons. The summed E-state index contributed by atoms with van der Waals surface area (Å²) in [5.41, 5.74) is 1.70. The van der Waals surface area contributed by atoms with Gasteiger partial charge in [-0.05, 0) is 17.7 Å². The smallest absolute Gasteiger partial charge is 0.338 e. The molecule has 1 unspecified atom stereocenters. The zero-order valence-electron chi connectivity index (χ0n) is 14.9. The fourth-order valence-corrected chi connectivity index (χ4v) is 3.16. The molecule has 4 rings (SSSR count). The molecule has 2 aliphatic rings. The summed E-state index contributed by atoms with van der Waals surface area (Å²) in [6.07, 6.45) is 0.605. The van der Waals surface area contributed by atoms with Crippen molar-refractivity contribution in [1.29, 1.82) is 0 Å². The Bertz CT molecular complexity index is 918. The number of nitrogens with one attached hydrogen (secondary N) is 1. The molecule has 1 aromatic carbocycles. The van der Waals surface area contributed by atoms with Crippen molar-refractivity contribution < 1.29 is 23.6 Å². The van der Waals surface area contributed by atoms with Gasteiger partial charge in [-0.1, -0.05) is 24.2 Å². The van der Waals surface area contributed by atoms with Crippen LogP contribution < -0.4 is 10.1 Å². The quantitative estimate of drug-likeness (QED) is 0.799. The molecule has 0 saturated heterocycles. The van der Waals surface area contributed by atoms with E-state index in [1.807, 2.05) is 19.1 Å². The zero-order chi connectivity index (χ0) is 19.0. The van der Waals surface area contributed by atoms with Gasteiger partial charge in [0.2, 0.25) is 5.89 Å². The third kappa shape index (κ3) is 3.01. The monoisotopic (exact) mass is 370 g/mol. The summed E-state index contributed by atoms with van der Waals surface area (Å²) in [5.74, 6) is 1.11. The molecule has 0 fully saturated rings. The molecule has 0 saturated carbocycles. The van der Waals surface area contributed by atoms with Crippen LogP contribution in [0, 0.1) is 0 Å². The van der Waals surface area contributed by atoms with E-state index in [4.69, 9.17) is 14.0 Å². The van der Waals surface area contributed by atoms with Crippen molar-refractivity contribution in [1.82, 2.24) is 20.4 Å². The van der Waals surface area contributed by atoms with E-state index in [0.29, 0.717) is 35.2 Å². The van der Waals surface area contributed by atoms with Crippen LogP contribution in [-0.4, -0.2) is 40.8 Å². The third-order valence-corrected chi connectivity index (χ3v) is 4.56. The molecule has 1 aromatic heterocycles. The fourth-order valence-electron chi connectivity index (χ4n) is 3.16. The van der Waals surface area contributed by atoms with E-state index in [1.54, 1.807) is 19.2 Å². The molecule has 0 spiro atoms. The van der Waals surface area contributed by atoms with Gasteiger partial charge in [-0.25, -0.2) is 9.59 Å². The number of esters is 1. The number of ether oxygens (including phenoxy) is 2. The molecule has 1 atom stereocenters. The topological polar surface area (TPSA) is 107 Å². The van der Waals surface area contributed by atoms with Crippen LogP contribution in [0.15, 0.2) is 40.1 Å². The molecule has 2 aliphatic heterocycles. The summed E-state index contributed by atoms with van der Waals surface area (Å²) < 4.78 is 15.5. The lowest BCUT2D eigenvalue weighted by atomic mass is 9.95. The van der Waals surface area contributed by atoms with Gasteiger partial charge in [0.1, 0.15) is 12.4 Å². The van der Waals surface area contributed by atoms with Crippen LogP contribution in [0.5, 0.6) is 5.75 Å². The Kier molecular flexibility index (Phi) is 4.27. The molecule has 0 aliphatic carbocycles. The maximum atomic E-state index is 12.7. The molecule has 9 nitrogen and oxygen atoms in total. The van der Waals surface area contributed by atoms with E-state index < -0.39 is 12.0 Å². The van der Waals surface area contributed by atoms with Crippen LogP contribution in [0.4, 0.5) is 4.79 Å². The second-order valence-electron chi connectivity index (χ2n) is 6.14. The summed E-state index contributed by atoms with van der Waals surface area (Å²) in [7, 11) is 1.58. The average molecular weight is 370 g/mol. The van der Waals surface area contributed by atoms with Crippen molar-refractivity contribution in [2.75, 3.05) is 13.7 Å². The Morgan fingerprint density at radius 3 is 2.74 bits per heavy atom. The number of rotatable bonds is 5. The normalized spacial score (nSPS) is 19.0. The van der Waals surface area contributed by atoms with Crippen LogP contribution in [0.25, 0.3) is 0 Å². The van der Waals surface area contributed by atoms with Gasteiger partial charge in [0, 0.05) is 6.42 Å². The zero-order valence-corrected chi connectivity index (χ0v) is 14.9. The molecule has 140 valence electrons. The summed E-state index contributed by atoms with van der Waals surface area (Å²) >= 11 is 0. The largest absolute Gasteiger partial charge is 0.497 e. The minimum absolute atomic E-state index is 0.0345. The van der Waals surface area contributed by atoms with Crippen LogP contribution in [0.2, 0.25) is 0 Å². The molecular weight excluding hydrogens is 352 g/mol. The standard InChI is InChI=1S/C18H18N4O5/c1-3-14-19-13(21-27-14)8-22-12-9-26-17(23)15(12)16(20-18(22)24)10-4-6-11(25-2)7-5-10/h4-7,16H,3,8-9H2,1-2H3,(H,20,24). The van der Waals surface area contributed by atoms with Crippen LogP contribution in [0.3, 0.4) is 0 Å². The first-order valence-corrected chi connectivity index (χ1v) is 8.54. The highest BCUT2D eigenvalue weighted by Gasteiger charge is 2.42.